The molecule has 152 valence electrons. The molecule has 0 fully saturated rings. The van der Waals surface area contributed by atoms with Gasteiger partial charge in [0.1, 0.15) is 17.3 Å². The fourth-order valence-electron chi connectivity index (χ4n) is 3.31. The van der Waals surface area contributed by atoms with Crippen molar-refractivity contribution in [3.05, 3.63) is 59.8 Å². The molecule has 1 aliphatic rings. The third-order valence-electron chi connectivity index (χ3n) is 4.97. The number of amides is 2. The molecule has 0 saturated carbocycles. The molecule has 8 nitrogen and oxygen atoms in total. The van der Waals surface area contributed by atoms with Crippen molar-refractivity contribution >= 4 is 45.7 Å². The van der Waals surface area contributed by atoms with Crippen molar-refractivity contribution in [1.82, 2.24) is 4.98 Å². The molecule has 1 aliphatic heterocycles. The highest BCUT2D eigenvalue weighted by Crippen LogP contribution is 2.36. The maximum Gasteiger partial charge on any atom is 0.256 e. The average Bonchev–Trinajstić information content (AvgIpc) is 3.04. The van der Waals surface area contributed by atoms with E-state index in [0.717, 1.165) is 5.56 Å². The Hall–Kier alpha value is -3.75. The number of hydrogen-bond acceptors (Lipinski definition) is 6. The van der Waals surface area contributed by atoms with E-state index < -0.39 is 18.1 Å². The van der Waals surface area contributed by atoms with E-state index in [0.29, 0.717) is 33.4 Å². The van der Waals surface area contributed by atoms with Crippen LogP contribution in [0.2, 0.25) is 0 Å². The van der Waals surface area contributed by atoms with E-state index in [9.17, 15) is 19.8 Å². The second-order valence-corrected chi connectivity index (χ2v) is 7.10. The third kappa shape index (κ3) is 3.49. The fourth-order valence-corrected chi connectivity index (χ4v) is 3.31. The minimum absolute atomic E-state index is 0.0588. The summed E-state index contributed by atoms with van der Waals surface area (Å²) in [7, 11) is 0. The monoisotopic (exact) mass is 404 g/mol. The van der Waals surface area contributed by atoms with Gasteiger partial charge in [-0.15, -0.1) is 0 Å². The van der Waals surface area contributed by atoms with Crippen LogP contribution in [-0.4, -0.2) is 39.2 Å². The summed E-state index contributed by atoms with van der Waals surface area (Å²) < 4.78 is 0. The van der Waals surface area contributed by atoms with Gasteiger partial charge in [0.25, 0.3) is 5.91 Å². The highest BCUT2D eigenvalue weighted by atomic mass is 16.3. The van der Waals surface area contributed by atoms with Crippen molar-refractivity contribution in [3.8, 4) is 5.75 Å². The van der Waals surface area contributed by atoms with Gasteiger partial charge in [0.05, 0.1) is 6.10 Å². The Labute approximate surface area is 172 Å². The SMILES string of the molecule is CC(O)C(N)C(=O)Nc1ccc2c(c1)C(=Cc1ccc(O)c3ncccc13)C(=O)N2. The predicted molar refractivity (Wildman–Crippen MR) is 115 cm³/mol. The van der Waals surface area contributed by atoms with E-state index in [-0.39, 0.29) is 11.7 Å². The average molecular weight is 404 g/mol. The van der Waals surface area contributed by atoms with Crippen molar-refractivity contribution in [2.45, 2.75) is 19.1 Å². The number of nitrogens with one attached hydrogen (secondary N) is 2. The van der Waals surface area contributed by atoms with Gasteiger partial charge < -0.3 is 26.6 Å². The summed E-state index contributed by atoms with van der Waals surface area (Å²) in [6.07, 6.45) is 2.32. The molecule has 0 bridgehead atoms. The summed E-state index contributed by atoms with van der Waals surface area (Å²) in [5.74, 6) is -0.744. The molecule has 8 heteroatoms. The van der Waals surface area contributed by atoms with Gasteiger partial charge in [-0.2, -0.15) is 0 Å². The van der Waals surface area contributed by atoms with Crippen LogP contribution in [0.4, 0.5) is 11.4 Å². The number of carbonyl (C=O) groups excluding carboxylic acids is 2. The molecule has 2 amide bonds. The number of phenolic OH excluding ortho intramolecular Hbond substituents is 1. The summed E-state index contributed by atoms with van der Waals surface area (Å²) in [5.41, 5.74) is 8.94. The molecule has 6 N–H and O–H groups in total. The number of aliphatic hydroxyl groups is 1. The van der Waals surface area contributed by atoms with Crippen LogP contribution in [0.15, 0.2) is 48.7 Å². The van der Waals surface area contributed by atoms with Crippen molar-refractivity contribution in [2.75, 3.05) is 10.6 Å². The molecular weight excluding hydrogens is 384 g/mol. The summed E-state index contributed by atoms with van der Waals surface area (Å²) >= 11 is 0. The first-order chi connectivity index (χ1) is 14.3. The van der Waals surface area contributed by atoms with Gasteiger partial charge in [-0.1, -0.05) is 12.1 Å². The predicted octanol–water partition coefficient (Wildman–Crippen LogP) is 2.08. The maximum absolute atomic E-state index is 12.6. The number of anilines is 2. The van der Waals surface area contributed by atoms with Gasteiger partial charge in [0.2, 0.25) is 5.91 Å². The zero-order valence-corrected chi connectivity index (χ0v) is 16.1. The zero-order chi connectivity index (χ0) is 21.4. The number of carbonyl (C=O) groups is 2. The molecule has 0 spiro atoms. The Balaban J connectivity index is 1.74. The lowest BCUT2D eigenvalue weighted by Crippen LogP contribution is -2.43. The van der Waals surface area contributed by atoms with Crippen LogP contribution in [-0.2, 0) is 9.59 Å². The maximum atomic E-state index is 12.6. The molecule has 3 aromatic rings. The normalized spacial score (nSPS) is 16.2. The zero-order valence-electron chi connectivity index (χ0n) is 16.1. The van der Waals surface area contributed by atoms with Gasteiger partial charge in [-0.05, 0) is 48.9 Å². The molecule has 2 heterocycles. The number of aromatic hydroxyl groups is 1. The Morgan fingerprint density at radius 2 is 2.07 bits per heavy atom. The Kier molecular flexibility index (Phi) is 4.94. The van der Waals surface area contributed by atoms with E-state index in [2.05, 4.69) is 15.6 Å². The van der Waals surface area contributed by atoms with Crippen LogP contribution >= 0.6 is 0 Å². The molecule has 2 unspecified atom stereocenters. The minimum Gasteiger partial charge on any atom is -0.506 e. The first kappa shape index (κ1) is 19.6. The number of rotatable bonds is 4. The highest BCUT2D eigenvalue weighted by molar-refractivity contribution is 6.35. The lowest BCUT2D eigenvalue weighted by Gasteiger charge is -2.15. The van der Waals surface area contributed by atoms with E-state index >= 15 is 0 Å². The quantitative estimate of drug-likeness (QED) is 0.422. The van der Waals surface area contributed by atoms with Crippen LogP contribution in [0.1, 0.15) is 18.1 Å². The number of aromatic nitrogens is 1. The van der Waals surface area contributed by atoms with Crippen LogP contribution in [0.25, 0.3) is 22.6 Å². The third-order valence-corrected chi connectivity index (χ3v) is 4.97. The van der Waals surface area contributed by atoms with Gasteiger partial charge in [0, 0.05) is 34.1 Å². The van der Waals surface area contributed by atoms with Crippen LogP contribution in [0.3, 0.4) is 0 Å². The van der Waals surface area contributed by atoms with Crippen molar-refractivity contribution in [3.63, 3.8) is 0 Å². The van der Waals surface area contributed by atoms with Gasteiger partial charge in [0.15, 0.2) is 0 Å². The molecular formula is C22H20N4O4. The van der Waals surface area contributed by atoms with Crippen molar-refractivity contribution in [2.24, 2.45) is 5.73 Å². The lowest BCUT2D eigenvalue weighted by molar-refractivity contribution is -0.119. The van der Waals surface area contributed by atoms with E-state index in [4.69, 9.17) is 5.73 Å². The number of aliphatic hydroxyl groups excluding tert-OH is 1. The number of fused-ring (bicyclic) bond motifs is 2. The second kappa shape index (κ2) is 7.58. The van der Waals surface area contributed by atoms with E-state index in [1.165, 1.54) is 13.0 Å². The smallest absolute Gasteiger partial charge is 0.256 e. The first-order valence-corrected chi connectivity index (χ1v) is 9.34. The topological polar surface area (TPSA) is 138 Å². The number of nitrogens with zero attached hydrogens (tertiary/aromatic N) is 1. The van der Waals surface area contributed by atoms with E-state index in [1.54, 1.807) is 42.6 Å². The molecule has 2 atom stereocenters. The Morgan fingerprint density at radius 3 is 2.83 bits per heavy atom. The molecule has 2 aromatic carbocycles. The number of pyridine rings is 1. The number of nitrogens with two attached hydrogens (primary N) is 1. The number of hydrogen-bond donors (Lipinski definition) is 5. The number of phenols is 1. The highest BCUT2D eigenvalue weighted by Gasteiger charge is 2.26. The second-order valence-electron chi connectivity index (χ2n) is 7.10. The molecule has 4 rings (SSSR count). The van der Waals surface area contributed by atoms with Gasteiger partial charge in [-0.3, -0.25) is 14.6 Å². The van der Waals surface area contributed by atoms with E-state index in [1.807, 2.05) is 6.07 Å². The summed E-state index contributed by atoms with van der Waals surface area (Å²) in [6, 6.07) is 10.8. The van der Waals surface area contributed by atoms with Gasteiger partial charge >= 0.3 is 0 Å². The minimum atomic E-state index is -1.07. The largest absolute Gasteiger partial charge is 0.506 e. The molecule has 30 heavy (non-hydrogen) atoms. The molecule has 0 aliphatic carbocycles. The van der Waals surface area contributed by atoms with Gasteiger partial charge in [-0.25, -0.2) is 0 Å². The van der Waals surface area contributed by atoms with Crippen molar-refractivity contribution in [1.29, 1.82) is 0 Å². The van der Waals surface area contributed by atoms with Crippen LogP contribution in [0.5, 0.6) is 5.75 Å². The summed E-state index contributed by atoms with van der Waals surface area (Å²) in [6.45, 7) is 1.44. The fraction of sp³-hybridized carbons (Fsp3) is 0.136. The Bertz CT molecular complexity index is 1200. The summed E-state index contributed by atoms with van der Waals surface area (Å²) in [5, 5.41) is 25.7. The van der Waals surface area contributed by atoms with Crippen LogP contribution < -0.4 is 16.4 Å². The molecule has 0 saturated heterocycles. The molecule has 0 radical (unpaired) electrons. The number of benzene rings is 2. The molecule has 1 aromatic heterocycles. The first-order valence-electron chi connectivity index (χ1n) is 9.34. The van der Waals surface area contributed by atoms with Crippen LogP contribution in [0, 0.1) is 0 Å². The standard InChI is InChI=1S/C22H20N4O4/c1-11(27)19(23)22(30)25-13-5-6-17-15(10-13)16(21(29)26-17)9-12-4-7-18(28)20-14(12)3-2-8-24-20/h2-11,19,27-28H,23H2,1H3,(H,25,30)(H,26,29). The Morgan fingerprint density at radius 1 is 1.27 bits per heavy atom. The van der Waals surface area contributed by atoms with Crippen molar-refractivity contribution < 1.29 is 19.8 Å². The lowest BCUT2D eigenvalue weighted by atomic mass is 10.0. The summed E-state index contributed by atoms with van der Waals surface area (Å²) in [4.78, 5) is 28.9.